The number of carbonyl (C=O) groups excluding carboxylic acids is 1. The van der Waals surface area contributed by atoms with Gasteiger partial charge in [0.2, 0.25) is 5.91 Å². The van der Waals surface area contributed by atoms with Gasteiger partial charge in [0.15, 0.2) is 0 Å². The van der Waals surface area contributed by atoms with E-state index >= 15 is 0 Å². The van der Waals surface area contributed by atoms with E-state index in [9.17, 15) is 14.7 Å². The summed E-state index contributed by atoms with van der Waals surface area (Å²) in [7, 11) is 0. The fourth-order valence-electron chi connectivity index (χ4n) is 3.12. The summed E-state index contributed by atoms with van der Waals surface area (Å²) in [5.41, 5.74) is 0. The lowest BCUT2D eigenvalue weighted by molar-refractivity contribution is -0.143. The number of hydrogen-bond donors (Lipinski definition) is 2. The first-order valence-corrected chi connectivity index (χ1v) is 12.0. The highest BCUT2D eigenvalue weighted by Crippen LogP contribution is 2.10. The van der Waals surface area contributed by atoms with Crippen LogP contribution in [0, 0.1) is 5.92 Å². The summed E-state index contributed by atoms with van der Waals surface area (Å²) in [6.45, 7) is 6.02. The predicted molar refractivity (Wildman–Crippen MR) is 128 cm³/mol. The van der Waals surface area contributed by atoms with Crippen molar-refractivity contribution in [2.24, 2.45) is 5.92 Å². The topological polar surface area (TPSA) is 66.4 Å². The molecule has 0 saturated carbocycles. The zero-order valence-electron chi connectivity index (χ0n) is 19.6. The lowest BCUT2D eigenvalue weighted by Crippen LogP contribution is -2.44. The van der Waals surface area contributed by atoms with E-state index in [1.807, 2.05) is 13.8 Å². The average molecular weight is 420 g/mol. The third-order valence-electron chi connectivity index (χ3n) is 5.34. The largest absolute Gasteiger partial charge is 0.480 e. The third kappa shape index (κ3) is 17.1. The third-order valence-corrected chi connectivity index (χ3v) is 5.34. The molecular weight excluding hydrogens is 374 g/mol. The molecule has 0 radical (unpaired) electrons. The maximum atomic E-state index is 11.9. The van der Waals surface area contributed by atoms with Crippen LogP contribution in [0.5, 0.6) is 0 Å². The number of hydrogen-bond acceptors (Lipinski definition) is 2. The Morgan fingerprint density at radius 1 is 0.800 bits per heavy atom. The SMILES string of the molecule is CCCCC/C=C\C/C=C\C/C=C\CCCCCCC(=O)N[C@H](C(=O)O)[C@@H](C)CC. The summed E-state index contributed by atoms with van der Waals surface area (Å²) in [6.07, 6.45) is 26.8. The van der Waals surface area contributed by atoms with Crippen molar-refractivity contribution < 1.29 is 14.7 Å². The number of carboxylic acids is 1. The summed E-state index contributed by atoms with van der Waals surface area (Å²) in [5.74, 6) is -1.15. The Hall–Kier alpha value is -1.84. The molecule has 172 valence electrons. The van der Waals surface area contributed by atoms with E-state index in [4.69, 9.17) is 0 Å². The van der Waals surface area contributed by atoms with E-state index in [0.717, 1.165) is 51.4 Å². The Kier molecular flexibility index (Phi) is 19.2. The zero-order chi connectivity index (χ0) is 22.5. The van der Waals surface area contributed by atoms with E-state index in [1.165, 1.54) is 25.7 Å². The maximum Gasteiger partial charge on any atom is 0.326 e. The lowest BCUT2D eigenvalue weighted by atomic mass is 9.99. The van der Waals surface area contributed by atoms with Crippen LogP contribution in [0.1, 0.15) is 104 Å². The molecule has 0 aliphatic carbocycles. The molecule has 0 unspecified atom stereocenters. The van der Waals surface area contributed by atoms with Gasteiger partial charge in [-0.15, -0.1) is 0 Å². The van der Waals surface area contributed by atoms with E-state index in [1.54, 1.807) is 0 Å². The fourth-order valence-corrected chi connectivity index (χ4v) is 3.12. The van der Waals surface area contributed by atoms with Crippen LogP contribution in [-0.4, -0.2) is 23.0 Å². The van der Waals surface area contributed by atoms with Crippen molar-refractivity contribution in [3.63, 3.8) is 0 Å². The molecule has 2 N–H and O–H groups in total. The Balaban J connectivity index is 3.63. The molecule has 2 atom stereocenters. The minimum atomic E-state index is -0.946. The second kappa shape index (κ2) is 20.4. The number of aliphatic carboxylic acids is 1. The van der Waals surface area contributed by atoms with Crippen LogP contribution in [-0.2, 0) is 9.59 Å². The van der Waals surface area contributed by atoms with Gasteiger partial charge in [-0.05, 0) is 50.9 Å². The van der Waals surface area contributed by atoms with Crippen LogP contribution in [0.2, 0.25) is 0 Å². The van der Waals surface area contributed by atoms with Gasteiger partial charge in [-0.1, -0.05) is 89.3 Å². The van der Waals surface area contributed by atoms with Crippen molar-refractivity contribution in [1.29, 1.82) is 0 Å². The van der Waals surface area contributed by atoms with Crippen LogP contribution < -0.4 is 5.32 Å². The monoisotopic (exact) mass is 419 g/mol. The summed E-state index contributed by atoms with van der Waals surface area (Å²) >= 11 is 0. The van der Waals surface area contributed by atoms with Gasteiger partial charge < -0.3 is 10.4 Å². The van der Waals surface area contributed by atoms with E-state index in [2.05, 4.69) is 48.7 Å². The van der Waals surface area contributed by atoms with Crippen molar-refractivity contribution >= 4 is 11.9 Å². The number of unbranched alkanes of at least 4 members (excludes halogenated alkanes) is 7. The molecule has 4 heteroatoms. The van der Waals surface area contributed by atoms with Gasteiger partial charge in [0.05, 0.1) is 0 Å². The first kappa shape index (κ1) is 28.2. The van der Waals surface area contributed by atoms with Gasteiger partial charge >= 0.3 is 5.97 Å². The Bertz CT molecular complexity index is 522. The standard InChI is InChI=1S/C26H45NO3/c1-4-6-7-8-9-10-11-12-13-14-15-16-17-18-19-20-21-22-24(28)27-25(26(29)30)23(3)5-2/h9-10,12-13,15-16,23,25H,4-8,11,14,17-22H2,1-3H3,(H,27,28)(H,29,30)/b10-9-,13-12-,16-15-/t23-,25-/m0/s1. The van der Waals surface area contributed by atoms with E-state index < -0.39 is 12.0 Å². The molecule has 0 spiro atoms. The lowest BCUT2D eigenvalue weighted by Gasteiger charge is -2.20. The molecule has 4 nitrogen and oxygen atoms in total. The smallest absolute Gasteiger partial charge is 0.326 e. The molecular formula is C26H45NO3. The number of amides is 1. The first-order valence-electron chi connectivity index (χ1n) is 12.0. The highest BCUT2D eigenvalue weighted by molar-refractivity contribution is 5.83. The Labute approximate surface area is 184 Å². The molecule has 0 rings (SSSR count). The molecule has 0 bridgehead atoms. The number of nitrogens with one attached hydrogen (secondary N) is 1. The number of carbonyl (C=O) groups is 2. The van der Waals surface area contributed by atoms with Crippen LogP contribution in [0.4, 0.5) is 0 Å². The quantitative estimate of drug-likeness (QED) is 0.175. The minimum absolute atomic E-state index is 0.0555. The van der Waals surface area contributed by atoms with Crippen molar-refractivity contribution in [3.8, 4) is 0 Å². The minimum Gasteiger partial charge on any atom is -0.480 e. The van der Waals surface area contributed by atoms with Gasteiger partial charge in [0, 0.05) is 6.42 Å². The number of rotatable bonds is 19. The summed E-state index contributed by atoms with van der Waals surface area (Å²) in [5, 5.41) is 11.9. The molecule has 0 aliphatic rings. The Morgan fingerprint density at radius 2 is 1.33 bits per heavy atom. The summed E-state index contributed by atoms with van der Waals surface area (Å²) < 4.78 is 0. The highest BCUT2D eigenvalue weighted by Gasteiger charge is 2.24. The van der Waals surface area contributed by atoms with Gasteiger partial charge in [0.25, 0.3) is 0 Å². The van der Waals surface area contributed by atoms with Crippen LogP contribution in [0.25, 0.3) is 0 Å². The molecule has 0 aromatic carbocycles. The molecule has 30 heavy (non-hydrogen) atoms. The van der Waals surface area contributed by atoms with Crippen LogP contribution in [0.15, 0.2) is 36.5 Å². The van der Waals surface area contributed by atoms with Crippen LogP contribution in [0.3, 0.4) is 0 Å². The molecule has 0 saturated heterocycles. The average Bonchev–Trinajstić information content (AvgIpc) is 2.73. The number of carboxylic acid groups (broad SMARTS) is 1. The maximum absolute atomic E-state index is 11.9. The Morgan fingerprint density at radius 3 is 1.87 bits per heavy atom. The van der Waals surface area contributed by atoms with Crippen LogP contribution >= 0.6 is 0 Å². The van der Waals surface area contributed by atoms with Crippen molar-refractivity contribution in [3.05, 3.63) is 36.5 Å². The van der Waals surface area contributed by atoms with Gasteiger partial charge in [-0.25, -0.2) is 4.79 Å². The fraction of sp³-hybridized carbons (Fsp3) is 0.692. The zero-order valence-corrected chi connectivity index (χ0v) is 19.6. The van der Waals surface area contributed by atoms with Crippen molar-refractivity contribution in [2.75, 3.05) is 0 Å². The molecule has 0 aromatic heterocycles. The van der Waals surface area contributed by atoms with Gasteiger partial charge in [-0.3, -0.25) is 4.79 Å². The van der Waals surface area contributed by atoms with E-state index in [0.29, 0.717) is 6.42 Å². The summed E-state index contributed by atoms with van der Waals surface area (Å²) in [6, 6.07) is -0.775. The molecule has 1 amide bonds. The van der Waals surface area contributed by atoms with Gasteiger partial charge in [-0.2, -0.15) is 0 Å². The second-order valence-corrected chi connectivity index (χ2v) is 8.10. The molecule has 0 fully saturated rings. The highest BCUT2D eigenvalue weighted by atomic mass is 16.4. The first-order chi connectivity index (χ1) is 14.5. The number of allylic oxidation sites excluding steroid dienone is 6. The molecule has 0 aliphatic heterocycles. The second-order valence-electron chi connectivity index (χ2n) is 8.10. The predicted octanol–water partition coefficient (Wildman–Crippen LogP) is 6.97. The van der Waals surface area contributed by atoms with Crippen molar-refractivity contribution in [2.45, 2.75) is 110 Å². The van der Waals surface area contributed by atoms with Crippen molar-refractivity contribution in [1.82, 2.24) is 5.32 Å². The summed E-state index contributed by atoms with van der Waals surface area (Å²) in [4.78, 5) is 23.2. The van der Waals surface area contributed by atoms with E-state index in [-0.39, 0.29) is 11.8 Å². The normalized spacial score (nSPS) is 14.0. The molecule has 0 aromatic rings. The molecule has 0 heterocycles. The van der Waals surface area contributed by atoms with Gasteiger partial charge in [0.1, 0.15) is 6.04 Å².